The van der Waals surface area contributed by atoms with Crippen LogP contribution in [0, 0.1) is 17.8 Å². The van der Waals surface area contributed by atoms with Crippen LogP contribution in [0.15, 0.2) is 113 Å². The van der Waals surface area contributed by atoms with E-state index in [-0.39, 0.29) is 43.1 Å². The zero-order valence-electron chi connectivity index (χ0n) is 30.9. The van der Waals surface area contributed by atoms with Gasteiger partial charge in [0.2, 0.25) is 0 Å². The maximum atomic E-state index is 12.2. The molecule has 2 aliphatic rings. The molecule has 3 heterocycles. The lowest BCUT2D eigenvalue weighted by Gasteiger charge is -2.20. The summed E-state index contributed by atoms with van der Waals surface area (Å²) in [4.78, 5) is 12.6. The van der Waals surface area contributed by atoms with Crippen molar-refractivity contribution in [1.29, 1.82) is 0 Å². The number of unbranched alkanes of at least 4 members (excludes halogenated alkanes) is 3. The summed E-state index contributed by atoms with van der Waals surface area (Å²) in [5.74, 6) is 3.12. The molecule has 1 fully saturated rings. The summed E-state index contributed by atoms with van der Waals surface area (Å²) in [5, 5.41) is 4.68. The van der Waals surface area contributed by atoms with Crippen LogP contribution in [-0.2, 0) is 26.8 Å². The van der Waals surface area contributed by atoms with Crippen molar-refractivity contribution < 1.29 is 37.3 Å². The highest BCUT2D eigenvalue weighted by Gasteiger charge is 2.46. The Hall–Kier alpha value is -4.66. The van der Waals surface area contributed by atoms with Crippen molar-refractivity contribution in [2.45, 2.75) is 61.3 Å². The Morgan fingerprint density at radius 2 is 1.16 bits per heavy atom. The molecule has 0 saturated heterocycles. The second-order valence-corrected chi connectivity index (χ2v) is 18.6. The van der Waals surface area contributed by atoms with Crippen LogP contribution in [-0.4, -0.2) is 62.6 Å². The Balaban J connectivity index is 1.02. The van der Waals surface area contributed by atoms with Gasteiger partial charge in [-0.05, 0) is 116 Å². The summed E-state index contributed by atoms with van der Waals surface area (Å²) < 4.78 is 87.9. The standard InChI is InChI=1S/C23H30N2O.2C9H7NO4S.Al/c26-22-11-10-20(21-7-5-13-25-23(21)22)16-24-12-4-2-1-3-6-18-14-17-8-9-19(18)15-17;2*11-7-3-4-8(15(12,13)14)6-2-1-5-10-9(6)7;/h5,7-11,13,17-19,24,26H,1-4,6,12,14-16H2;2*1-5,11H,(H,12,13,14);/q;;;+3/p-3. The molecule has 3 aromatic carbocycles. The smallest absolute Gasteiger partial charge is 0.576 e. The van der Waals surface area contributed by atoms with Crippen molar-refractivity contribution in [3.63, 3.8) is 0 Å². The molecule has 2 aliphatic carbocycles. The van der Waals surface area contributed by atoms with Gasteiger partial charge >= 0.3 is 15.1 Å². The minimum absolute atomic E-state index is 0.113. The average molecular weight is 825 g/mol. The highest BCUT2D eigenvalue weighted by atomic mass is 32.2. The van der Waals surface area contributed by atoms with E-state index in [0.717, 1.165) is 41.7 Å². The molecule has 0 radical (unpaired) electrons. The van der Waals surface area contributed by atoms with Gasteiger partial charge in [-0.2, -0.15) is 16.8 Å². The van der Waals surface area contributed by atoms with Gasteiger partial charge in [0.15, 0.2) is 0 Å². The number of benzene rings is 3. The molecule has 57 heavy (non-hydrogen) atoms. The van der Waals surface area contributed by atoms with Gasteiger partial charge in [-0.25, -0.2) is 0 Å². The van der Waals surface area contributed by atoms with Crippen LogP contribution in [0.4, 0.5) is 0 Å². The first-order valence-electron chi connectivity index (χ1n) is 19.0. The molecule has 3 aromatic heterocycles. The Morgan fingerprint density at radius 1 is 0.632 bits per heavy atom. The van der Waals surface area contributed by atoms with Crippen molar-refractivity contribution in [1.82, 2.24) is 20.3 Å². The minimum Gasteiger partial charge on any atom is -0.576 e. The molecule has 13 nitrogen and oxygen atoms in total. The number of fused-ring (bicyclic) bond motifs is 5. The number of pyridine rings is 3. The number of hydrogen-bond acceptors (Lipinski definition) is 11. The predicted molar refractivity (Wildman–Crippen MR) is 216 cm³/mol. The van der Waals surface area contributed by atoms with E-state index >= 15 is 0 Å². The number of nitrogens with one attached hydrogen (secondary N) is 1. The first-order valence-corrected chi connectivity index (χ1v) is 23.3. The fraction of sp³-hybridized carbons (Fsp3) is 0.293. The van der Waals surface area contributed by atoms with Gasteiger partial charge in [0, 0.05) is 41.3 Å². The second kappa shape index (κ2) is 16.7. The first-order chi connectivity index (χ1) is 27.5. The lowest BCUT2D eigenvalue weighted by Crippen LogP contribution is -2.37. The number of hydrogen-bond donors (Lipinski definition) is 3. The maximum absolute atomic E-state index is 12.2. The third-order valence-electron chi connectivity index (χ3n) is 10.8. The third kappa shape index (κ3) is 8.78. The van der Waals surface area contributed by atoms with Crippen LogP contribution in [0.3, 0.4) is 0 Å². The van der Waals surface area contributed by atoms with Gasteiger partial charge in [-0.3, -0.25) is 24.1 Å². The van der Waals surface area contributed by atoms with E-state index in [4.69, 9.17) is 11.4 Å². The lowest BCUT2D eigenvalue weighted by atomic mass is 9.88. The zero-order valence-corrected chi connectivity index (χ0v) is 33.7. The van der Waals surface area contributed by atoms with E-state index in [0.29, 0.717) is 17.8 Å². The molecule has 3 N–H and O–H groups in total. The highest BCUT2D eigenvalue weighted by Crippen LogP contribution is 2.45. The van der Waals surface area contributed by atoms with E-state index in [1.165, 1.54) is 99.4 Å². The molecule has 8 rings (SSSR count). The summed E-state index contributed by atoms with van der Waals surface area (Å²) in [5.41, 5.74) is 1.85. The SMILES string of the molecule is O=S(=O)(O)c1ccc([O][Al]([O]c2ccc(CNCCCCCCC3CC4C=CC3C4)c3cccnc23)[O]c2ccc(S(=O)(=O)O)c3cccnc23)c2ncccc12. The molecule has 2 bridgehead atoms. The van der Waals surface area contributed by atoms with Crippen molar-refractivity contribution in [3.05, 3.63) is 109 Å². The van der Waals surface area contributed by atoms with Crippen LogP contribution in [0.1, 0.15) is 50.5 Å². The van der Waals surface area contributed by atoms with Crippen molar-refractivity contribution in [2.24, 2.45) is 17.8 Å². The molecular formula is C41H41AlN4O9S2. The van der Waals surface area contributed by atoms with Crippen molar-refractivity contribution in [3.8, 4) is 17.2 Å². The quantitative estimate of drug-likeness (QED) is 0.0354. The number of rotatable bonds is 17. The molecule has 0 aliphatic heterocycles. The largest absolute Gasteiger partial charge is 1.20 e. The Labute approximate surface area is 336 Å². The molecular weight excluding hydrogens is 784 g/mol. The number of nitrogens with zero attached hydrogens (tertiary/aromatic N) is 3. The summed E-state index contributed by atoms with van der Waals surface area (Å²) in [6.45, 7) is 1.52. The summed E-state index contributed by atoms with van der Waals surface area (Å²) in [6.07, 6.45) is 18.3. The molecule has 294 valence electrons. The minimum atomic E-state index is -4.60. The van der Waals surface area contributed by atoms with Gasteiger partial charge in [-0.15, -0.1) is 0 Å². The van der Waals surface area contributed by atoms with Crippen molar-refractivity contribution in [2.75, 3.05) is 6.54 Å². The van der Waals surface area contributed by atoms with Crippen LogP contribution in [0.25, 0.3) is 32.7 Å². The fourth-order valence-corrected chi connectivity index (χ4v) is 10.9. The molecule has 0 amide bonds. The third-order valence-corrected chi connectivity index (χ3v) is 14.0. The molecule has 1 saturated carbocycles. The van der Waals surface area contributed by atoms with Gasteiger partial charge < -0.3 is 16.7 Å². The van der Waals surface area contributed by atoms with Crippen LogP contribution in [0.5, 0.6) is 17.2 Å². The van der Waals surface area contributed by atoms with Crippen LogP contribution < -0.4 is 16.7 Å². The van der Waals surface area contributed by atoms with E-state index < -0.39 is 35.4 Å². The Morgan fingerprint density at radius 3 is 1.68 bits per heavy atom. The molecule has 16 heteroatoms. The van der Waals surface area contributed by atoms with E-state index in [1.54, 1.807) is 12.3 Å². The number of allylic oxidation sites excluding steroid dienone is 2. The first kappa shape index (κ1) is 39.2. The maximum Gasteiger partial charge on any atom is 1.20 e. The summed E-state index contributed by atoms with van der Waals surface area (Å²) in [6, 6.07) is 18.7. The summed E-state index contributed by atoms with van der Waals surface area (Å²) >= 11 is -3.48. The lowest BCUT2D eigenvalue weighted by molar-refractivity contribution is 0.311. The molecule has 3 atom stereocenters. The van der Waals surface area contributed by atoms with Gasteiger partial charge in [0.1, 0.15) is 43.6 Å². The average Bonchev–Trinajstić information content (AvgIpc) is 3.83. The van der Waals surface area contributed by atoms with E-state index in [1.807, 2.05) is 18.2 Å². The van der Waals surface area contributed by atoms with Crippen LogP contribution >= 0.6 is 0 Å². The number of aromatic nitrogens is 3. The Kier molecular flexibility index (Phi) is 11.5. The molecule has 0 spiro atoms. The van der Waals surface area contributed by atoms with E-state index in [2.05, 4.69) is 32.4 Å². The normalized spacial score (nSPS) is 17.8. The monoisotopic (exact) mass is 824 g/mol. The predicted octanol–water partition coefficient (Wildman–Crippen LogP) is 7.60. The fourth-order valence-electron chi connectivity index (χ4n) is 8.18. The zero-order chi connectivity index (χ0) is 39.6. The highest BCUT2D eigenvalue weighted by molar-refractivity contribution is 7.86. The van der Waals surface area contributed by atoms with Crippen LogP contribution in [0.2, 0.25) is 0 Å². The molecule has 6 aromatic rings. The topological polar surface area (TPSA) is 187 Å². The van der Waals surface area contributed by atoms with E-state index in [9.17, 15) is 25.9 Å². The summed E-state index contributed by atoms with van der Waals surface area (Å²) in [7, 11) is -9.20. The Bertz CT molecular complexity index is 2580. The second-order valence-electron chi connectivity index (χ2n) is 14.6. The van der Waals surface area contributed by atoms with Gasteiger partial charge in [0.25, 0.3) is 20.2 Å². The van der Waals surface area contributed by atoms with Gasteiger partial charge in [0.05, 0.1) is 0 Å². The molecule has 3 unspecified atom stereocenters. The van der Waals surface area contributed by atoms with Gasteiger partial charge in [-0.1, -0.05) is 43.5 Å². The van der Waals surface area contributed by atoms with Crippen molar-refractivity contribution >= 4 is 68.1 Å².